The average Bonchev–Trinajstić information content (AvgIpc) is 2.47. The van der Waals surface area contributed by atoms with Gasteiger partial charge in [-0.1, -0.05) is 55.1 Å². The van der Waals surface area contributed by atoms with E-state index in [0.717, 1.165) is 16.6 Å². The summed E-state index contributed by atoms with van der Waals surface area (Å²) in [7, 11) is 1.67. The zero-order valence-electron chi connectivity index (χ0n) is 11.0. The van der Waals surface area contributed by atoms with Gasteiger partial charge in [-0.25, -0.2) is 0 Å². The van der Waals surface area contributed by atoms with Crippen LogP contribution in [0.15, 0.2) is 72.9 Å². The van der Waals surface area contributed by atoms with E-state index < -0.39 is 0 Å². The van der Waals surface area contributed by atoms with E-state index in [1.807, 2.05) is 30.4 Å². The van der Waals surface area contributed by atoms with Crippen molar-refractivity contribution in [3.8, 4) is 0 Å². The molecule has 0 amide bonds. The second-order valence-electron chi connectivity index (χ2n) is 4.18. The first-order valence-electron chi connectivity index (χ1n) is 6.20. The Hall–Kier alpha value is -2.41. The molecule has 19 heavy (non-hydrogen) atoms. The van der Waals surface area contributed by atoms with Gasteiger partial charge in [0.15, 0.2) is 0 Å². The van der Waals surface area contributed by atoms with Gasteiger partial charge in [0.1, 0.15) is 0 Å². The van der Waals surface area contributed by atoms with E-state index in [-0.39, 0.29) is 0 Å². The minimum absolute atomic E-state index is 0.876. The topological polar surface area (TPSA) is 11.3 Å². The molecule has 0 saturated carbocycles. The molecule has 2 rings (SSSR count). The third kappa shape index (κ3) is 3.78. The number of hydrogen-bond donors (Lipinski definition) is 0. The third-order valence-corrected chi connectivity index (χ3v) is 2.83. The molecule has 1 aromatic carbocycles. The molecule has 0 atom stereocenters. The number of hydrogen-bond acceptors (Lipinski definition) is 0. The van der Waals surface area contributed by atoms with Crippen LogP contribution in [0.4, 0.5) is 0 Å². The molecular weight excluding hydrogens is 232 g/mol. The van der Waals surface area contributed by atoms with E-state index in [0.29, 0.717) is 0 Å². The van der Waals surface area contributed by atoms with E-state index in [2.05, 4.69) is 43.0 Å². The van der Waals surface area contributed by atoms with Crippen molar-refractivity contribution in [2.75, 3.05) is 7.11 Å². The molecule has 0 aliphatic heterocycles. The second-order valence-corrected chi connectivity index (χ2v) is 4.18. The third-order valence-electron chi connectivity index (χ3n) is 2.83. The summed E-state index contributed by atoms with van der Waals surface area (Å²) in [6.07, 6.45) is 16.0. The number of allylic oxidation sites excluding steroid dienone is 7. The Morgan fingerprint density at radius 1 is 0.842 bits per heavy atom. The van der Waals surface area contributed by atoms with Gasteiger partial charge in [-0.3, -0.25) is 4.42 Å². The maximum absolute atomic E-state index is 5.13. The molecule has 0 spiro atoms. The number of benzene rings is 1. The normalized spacial score (nSPS) is 13.1. The van der Waals surface area contributed by atoms with E-state index >= 15 is 0 Å². The van der Waals surface area contributed by atoms with Crippen LogP contribution in [0.25, 0.3) is 12.2 Å². The second kappa shape index (κ2) is 6.50. The zero-order chi connectivity index (χ0) is 13.5. The molecule has 0 heterocycles. The van der Waals surface area contributed by atoms with Gasteiger partial charge in [0.2, 0.25) is 0 Å². The lowest BCUT2D eigenvalue weighted by molar-refractivity contribution is -0.417. The van der Waals surface area contributed by atoms with Gasteiger partial charge >= 0.3 is 5.78 Å². The summed E-state index contributed by atoms with van der Waals surface area (Å²) in [4.78, 5) is 0. The van der Waals surface area contributed by atoms with Crippen LogP contribution in [-0.2, 0) is 4.42 Å². The molecular formula is C18H17O+. The van der Waals surface area contributed by atoms with E-state index in [1.165, 1.54) is 5.22 Å². The number of ketones is 1. The highest BCUT2D eigenvalue weighted by atomic mass is 16.4. The van der Waals surface area contributed by atoms with Crippen LogP contribution in [0.3, 0.4) is 0 Å². The van der Waals surface area contributed by atoms with Gasteiger partial charge in [0, 0.05) is 12.2 Å². The highest BCUT2D eigenvalue weighted by Gasteiger charge is 2.03. The smallest absolute Gasteiger partial charge is 0.258 e. The lowest BCUT2D eigenvalue weighted by Crippen LogP contribution is -2.05. The minimum Gasteiger partial charge on any atom is -0.258 e. The molecule has 1 aromatic rings. The van der Waals surface area contributed by atoms with Crippen molar-refractivity contribution in [1.29, 1.82) is 0 Å². The molecule has 94 valence electrons. The molecule has 1 heteroatoms. The average molecular weight is 249 g/mol. The minimum atomic E-state index is 0.876. The van der Waals surface area contributed by atoms with Crippen LogP contribution in [0.5, 0.6) is 0 Å². The Kier molecular flexibility index (Phi) is 4.46. The van der Waals surface area contributed by atoms with Crippen molar-refractivity contribution in [3.05, 3.63) is 83.3 Å². The molecule has 0 N–H and O–H groups in total. The fourth-order valence-corrected chi connectivity index (χ4v) is 1.76. The van der Waals surface area contributed by atoms with Crippen LogP contribution in [0, 0.1) is 0 Å². The first kappa shape index (κ1) is 13.0. The fraction of sp³-hybridized carbons (Fsp3) is 0.0556. The molecule has 0 unspecified atom stereocenters. The van der Waals surface area contributed by atoms with Gasteiger partial charge < -0.3 is 0 Å². The van der Waals surface area contributed by atoms with E-state index in [4.69, 9.17) is 4.42 Å². The number of rotatable bonds is 2. The van der Waals surface area contributed by atoms with Gasteiger partial charge in [-0.2, -0.15) is 0 Å². The fourth-order valence-electron chi connectivity index (χ4n) is 1.76. The zero-order valence-corrected chi connectivity index (χ0v) is 11.0. The molecule has 0 aromatic heterocycles. The first-order chi connectivity index (χ1) is 9.31. The highest BCUT2D eigenvalue weighted by Crippen LogP contribution is 2.05. The molecule has 0 saturated heterocycles. The summed E-state index contributed by atoms with van der Waals surface area (Å²) < 4.78 is 5.13. The molecule has 1 nitrogen and oxygen atoms in total. The van der Waals surface area contributed by atoms with Crippen LogP contribution in [0.2, 0.25) is 0 Å². The monoisotopic (exact) mass is 249 g/mol. The highest BCUT2D eigenvalue weighted by molar-refractivity contribution is 6.01. The predicted octanol–water partition coefficient (Wildman–Crippen LogP) is 2.22. The van der Waals surface area contributed by atoms with Gasteiger partial charge in [0.05, 0.1) is 0 Å². The quantitative estimate of drug-likeness (QED) is 0.712. The van der Waals surface area contributed by atoms with Crippen LogP contribution < -0.4 is 10.4 Å². The lowest BCUT2D eigenvalue weighted by atomic mass is 10.1. The Bertz CT molecular complexity index is 656. The summed E-state index contributed by atoms with van der Waals surface area (Å²) >= 11 is 0. The Morgan fingerprint density at radius 2 is 1.42 bits per heavy atom. The molecule has 1 aliphatic rings. The van der Waals surface area contributed by atoms with E-state index in [9.17, 15) is 0 Å². The summed E-state index contributed by atoms with van der Waals surface area (Å²) in [5, 5.41) is 2.34. The first-order valence-corrected chi connectivity index (χ1v) is 6.20. The van der Waals surface area contributed by atoms with Gasteiger partial charge in [-0.05, 0) is 28.2 Å². The maximum atomic E-state index is 5.13. The molecule has 0 fully saturated rings. The van der Waals surface area contributed by atoms with Crippen LogP contribution in [-0.4, -0.2) is 12.9 Å². The van der Waals surface area contributed by atoms with Crippen molar-refractivity contribution in [2.45, 2.75) is 0 Å². The van der Waals surface area contributed by atoms with Crippen LogP contribution >= 0.6 is 0 Å². The number of carbonyl (C=O) groups excluding carboxylic acids is 1. The van der Waals surface area contributed by atoms with Crippen molar-refractivity contribution in [2.24, 2.45) is 0 Å². The van der Waals surface area contributed by atoms with E-state index in [1.54, 1.807) is 13.2 Å². The Morgan fingerprint density at radius 3 is 1.95 bits per heavy atom. The van der Waals surface area contributed by atoms with Crippen molar-refractivity contribution in [1.82, 2.24) is 0 Å². The van der Waals surface area contributed by atoms with Crippen molar-refractivity contribution < 1.29 is 4.42 Å². The Balaban J connectivity index is 2.22. The lowest BCUT2D eigenvalue weighted by Gasteiger charge is -1.94. The summed E-state index contributed by atoms with van der Waals surface area (Å²) in [6.45, 7) is 3.69. The summed E-state index contributed by atoms with van der Waals surface area (Å²) in [5.41, 5.74) is 1.16. The standard InChI is InChI=1S/C18H17O/c1-3-4-15-5-7-16(8-6-15)9-10-17-11-13-18(19-2)14-12-17/h3-14H,1H2,2H3/q+1. The molecule has 0 bridgehead atoms. The maximum Gasteiger partial charge on any atom is 0.343 e. The summed E-state index contributed by atoms with van der Waals surface area (Å²) in [5.74, 6) is 0.876. The SMILES string of the molecule is C=CC=c1ccc(=CC=C2C=CC(=[O+]C)C=C2)cc1. The van der Waals surface area contributed by atoms with Gasteiger partial charge in [0.25, 0.3) is 7.11 Å². The van der Waals surface area contributed by atoms with Gasteiger partial charge in [-0.15, -0.1) is 0 Å². The predicted molar refractivity (Wildman–Crippen MR) is 82.1 cm³/mol. The van der Waals surface area contributed by atoms with Crippen LogP contribution in [0.1, 0.15) is 0 Å². The Labute approximate surface area is 113 Å². The van der Waals surface area contributed by atoms with Crippen molar-refractivity contribution >= 4 is 17.9 Å². The molecule has 1 aliphatic carbocycles. The largest absolute Gasteiger partial charge is 0.343 e. The molecule has 0 radical (unpaired) electrons. The summed E-state index contributed by atoms with van der Waals surface area (Å²) in [6, 6.07) is 8.34. The van der Waals surface area contributed by atoms with Crippen molar-refractivity contribution in [3.63, 3.8) is 0 Å².